The van der Waals surface area contributed by atoms with Gasteiger partial charge in [-0.05, 0) is 6.42 Å². The third-order valence-corrected chi connectivity index (χ3v) is 2.26. The summed E-state index contributed by atoms with van der Waals surface area (Å²) in [5, 5.41) is 6.82. The topological polar surface area (TPSA) is 33.3 Å². The highest BCUT2D eigenvalue weighted by molar-refractivity contribution is 4.84. The summed E-state index contributed by atoms with van der Waals surface area (Å²) in [6, 6.07) is 1.23. The molecule has 1 rings (SSSR count). The zero-order valence-electron chi connectivity index (χ0n) is 8.10. The van der Waals surface area contributed by atoms with Gasteiger partial charge in [0.25, 0.3) is 0 Å². The van der Waals surface area contributed by atoms with Crippen LogP contribution in [-0.2, 0) is 4.74 Å². The molecule has 1 aliphatic heterocycles. The van der Waals surface area contributed by atoms with E-state index in [2.05, 4.69) is 17.6 Å². The van der Waals surface area contributed by atoms with Gasteiger partial charge in [-0.3, -0.25) is 0 Å². The van der Waals surface area contributed by atoms with Crippen LogP contribution in [0.4, 0.5) is 0 Å². The highest BCUT2D eigenvalue weighted by Crippen LogP contribution is 2.01. The molecule has 1 aliphatic rings. The van der Waals surface area contributed by atoms with E-state index >= 15 is 0 Å². The molecule has 0 aliphatic carbocycles. The maximum Gasteiger partial charge on any atom is 0.0615 e. The Labute approximate surface area is 74.9 Å². The van der Waals surface area contributed by atoms with Crippen molar-refractivity contribution in [1.29, 1.82) is 0 Å². The van der Waals surface area contributed by atoms with Crippen molar-refractivity contribution in [3.63, 3.8) is 0 Å². The van der Waals surface area contributed by atoms with Crippen molar-refractivity contribution in [2.75, 3.05) is 26.8 Å². The first kappa shape index (κ1) is 9.96. The molecular formula is C9H20N2O. The fraction of sp³-hybridized carbons (Fsp3) is 1.00. The predicted molar refractivity (Wildman–Crippen MR) is 50.4 cm³/mol. The van der Waals surface area contributed by atoms with Gasteiger partial charge in [0.15, 0.2) is 0 Å². The minimum Gasteiger partial charge on any atom is -0.383 e. The lowest BCUT2D eigenvalue weighted by Crippen LogP contribution is -2.58. The minimum absolute atomic E-state index is 0.548. The average molecular weight is 172 g/mol. The van der Waals surface area contributed by atoms with E-state index in [9.17, 15) is 0 Å². The van der Waals surface area contributed by atoms with Crippen molar-refractivity contribution in [2.24, 2.45) is 0 Å². The van der Waals surface area contributed by atoms with Gasteiger partial charge < -0.3 is 15.4 Å². The van der Waals surface area contributed by atoms with Gasteiger partial charge >= 0.3 is 0 Å². The van der Waals surface area contributed by atoms with Crippen LogP contribution in [0.25, 0.3) is 0 Å². The van der Waals surface area contributed by atoms with Gasteiger partial charge in [0, 0.05) is 32.3 Å². The molecule has 1 saturated heterocycles. The highest BCUT2D eigenvalue weighted by Gasteiger charge is 2.19. The molecule has 0 bridgehead atoms. The number of nitrogens with one attached hydrogen (secondary N) is 2. The molecule has 0 aromatic heterocycles. The molecule has 2 N–H and O–H groups in total. The monoisotopic (exact) mass is 172 g/mol. The Morgan fingerprint density at radius 2 is 2.33 bits per heavy atom. The lowest BCUT2D eigenvalue weighted by Gasteiger charge is -2.32. The summed E-state index contributed by atoms with van der Waals surface area (Å²) in [6.07, 6.45) is 2.44. The fourth-order valence-corrected chi connectivity index (χ4v) is 1.50. The van der Waals surface area contributed by atoms with Crippen LogP contribution in [0.1, 0.15) is 19.8 Å². The van der Waals surface area contributed by atoms with E-state index in [0.717, 1.165) is 19.7 Å². The lowest BCUT2D eigenvalue weighted by molar-refractivity contribution is 0.149. The minimum atomic E-state index is 0.548. The van der Waals surface area contributed by atoms with Crippen molar-refractivity contribution in [1.82, 2.24) is 10.6 Å². The van der Waals surface area contributed by atoms with Crippen LogP contribution in [0.15, 0.2) is 0 Å². The Bertz CT molecular complexity index is 109. The first-order chi connectivity index (χ1) is 5.86. The molecule has 1 fully saturated rings. The second-order valence-electron chi connectivity index (χ2n) is 3.46. The first-order valence-corrected chi connectivity index (χ1v) is 4.82. The summed E-state index contributed by atoms with van der Waals surface area (Å²) in [5.74, 6) is 0. The van der Waals surface area contributed by atoms with Gasteiger partial charge in [0.05, 0.1) is 6.61 Å². The number of rotatable bonds is 6. The van der Waals surface area contributed by atoms with E-state index < -0.39 is 0 Å². The van der Waals surface area contributed by atoms with E-state index in [4.69, 9.17) is 4.74 Å². The van der Waals surface area contributed by atoms with Crippen molar-refractivity contribution >= 4 is 0 Å². The van der Waals surface area contributed by atoms with Gasteiger partial charge in [-0.25, -0.2) is 0 Å². The molecular weight excluding hydrogens is 152 g/mol. The third kappa shape index (κ3) is 3.09. The molecule has 0 amide bonds. The summed E-state index contributed by atoms with van der Waals surface area (Å²) in [7, 11) is 1.77. The number of hydrogen-bond donors (Lipinski definition) is 2. The van der Waals surface area contributed by atoms with Crippen LogP contribution in [0.3, 0.4) is 0 Å². The molecule has 0 aromatic rings. The van der Waals surface area contributed by atoms with Crippen molar-refractivity contribution in [3.05, 3.63) is 0 Å². The van der Waals surface area contributed by atoms with Crippen molar-refractivity contribution in [2.45, 2.75) is 31.8 Å². The lowest BCUT2D eigenvalue weighted by atomic mass is 10.1. The average Bonchev–Trinajstić information content (AvgIpc) is 1.97. The van der Waals surface area contributed by atoms with Gasteiger partial charge in [0.1, 0.15) is 0 Å². The quantitative estimate of drug-likeness (QED) is 0.607. The maximum atomic E-state index is 5.14. The summed E-state index contributed by atoms with van der Waals surface area (Å²) in [4.78, 5) is 0. The Hall–Kier alpha value is -0.120. The summed E-state index contributed by atoms with van der Waals surface area (Å²) in [6.45, 7) is 5.28. The predicted octanol–water partition coefficient (Wildman–Crippen LogP) is 0.363. The zero-order valence-corrected chi connectivity index (χ0v) is 8.10. The number of methoxy groups -OCH3 is 1. The van der Waals surface area contributed by atoms with E-state index in [0.29, 0.717) is 12.1 Å². The molecule has 1 atom stereocenters. The molecule has 3 nitrogen and oxygen atoms in total. The van der Waals surface area contributed by atoms with Crippen molar-refractivity contribution < 1.29 is 4.74 Å². The molecule has 0 spiro atoms. The van der Waals surface area contributed by atoms with Gasteiger partial charge in [0.2, 0.25) is 0 Å². The molecule has 1 unspecified atom stereocenters. The Balaban J connectivity index is 2.11. The molecule has 0 aromatic carbocycles. The van der Waals surface area contributed by atoms with Crippen LogP contribution < -0.4 is 10.6 Å². The highest BCUT2D eigenvalue weighted by atomic mass is 16.5. The fourth-order valence-electron chi connectivity index (χ4n) is 1.50. The SMILES string of the molecule is CCCC(COC)NC1CNC1. The molecule has 3 heteroatoms. The zero-order chi connectivity index (χ0) is 8.81. The summed E-state index contributed by atoms with van der Waals surface area (Å²) < 4.78 is 5.14. The second kappa shape index (κ2) is 5.51. The smallest absolute Gasteiger partial charge is 0.0615 e. The first-order valence-electron chi connectivity index (χ1n) is 4.82. The maximum absolute atomic E-state index is 5.14. The van der Waals surface area contributed by atoms with Crippen LogP contribution >= 0.6 is 0 Å². The summed E-state index contributed by atoms with van der Waals surface area (Å²) >= 11 is 0. The Morgan fingerprint density at radius 3 is 2.75 bits per heavy atom. The van der Waals surface area contributed by atoms with Gasteiger partial charge in [-0.1, -0.05) is 13.3 Å². The van der Waals surface area contributed by atoms with E-state index in [1.807, 2.05) is 0 Å². The molecule has 1 heterocycles. The second-order valence-corrected chi connectivity index (χ2v) is 3.46. The van der Waals surface area contributed by atoms with Gasteiger partial charge in [-0.2, -0.15) is 0 Å². The molecule has 0 saturated carbocycles. The van der Waals surface area contributed by atoms with Crippen LogP contribution in [0.2, 0.25) is 0 Å². The van der Waals surface area contributed by atoms with E-state index in [1.54, 1.807) is 7.11 Å². The Morgan fingerprint density at radius 1 is 1.58 bits per heavy atom. The largest absolute Gasteiger partial charge is 0.383 e. The van der Waals surface area contributed by atoms with E-state index in [-0.39, 0.29) is 0 Å². The van der Waals surface area contributed by atoms with Gasteiger partial charge in [-0.15, -0.1) is 0 Å². The third-order valence-electron chi connectivity index (χ3n) is 2.26. The van der Waals surface area contributed by atoms with E-state index in [1.165, 1.54) is 12.8 Å². The summed E-state index contributed by atoms with van der Waals surface area (Å²) in [5.41, 5.74) is 0. The van der Waals surface area contributed by atoms with Crippen LogP contribution in [0.5, 0.6) is 0 Å². The van der Waals surface area contributed by atoms with Crippen LogP contribution in [-0.4, -0.2) is 38.9 Å². The Kier molecular flexibility index (Phi) is 4.58. The molecule has 72 valence electrons. The standard InChI is InChI=1S/C9H20N2O/c1-3-4-8(7-12-2)11-9-5-10-6-9/h8-11H,3-7H2,1-2H3. The molecule has 12 heavy (non-hydrogen) atoms. The number of ether oxygens (including phenoxy) is 1. The van der Waals surface area contributed by atoms with Crippen molar-refractivity contribution in [3.8, 4) is 0 Å². The number of hydrogen-bond acceptors (Lipinski definition) is 3. The molecule has 0 radical (unpaired) electrons. The normalized spacial score (nSPS) is 20.5. The van der Waals surface area contributed by atoms with Crippen LogP contribution in [0, 0.1) is 0 Å².